The largest absolute Gasteiger partial charge is 0.481 e. The van der Waals surface area contributed by atoms with Crippen LogP contribution in [0.2, 0.25) is 10.0 Å². The first-order valence-corrected chi connectivity index (χ1v) is 16.2. The molecule has 0 saturated carbocycles. The molecule has 0 bridgehead atoms. The highest BCUT2D eigenvalue weighted by atomic mass is 35.5. The summed E-state index contributed by atoms with van der Waals surface area (Å²) >= 11 is 16.2. The smallest absolute Gasteiger partial charge is 0.352 e. The lowest BCUT2D eigenvalue weighted by Gasteiger charge is -2.49. The zero-order valence-electron chi connectivity index (χ0n) is 21.7. The van der Waals surface area contributed by atoms with E-state index in [9.17, 15) is 29.1 Å². The van der Waals surface area contributed by atoms with Gasteiger partial charge in [0.05, 0.1) is 17.3 Å². The summed E-state index contributed by atoms with van der Waals surface area (Å²) in [7, 11) is 0. The number of hydrogen-bond acceptors (Lipinski definition) is 8. The number of rotatable bonds is 13. The molecular formula is C26H25Cl2N4O7S3+. The van der Waals surface area contributed by atoms with Gasteiger partial charge in [0, 0.05) is 38.5 Å². The van der Waals surface area contributed by atoms with Crippen molar-refractivity contribution in [2.45, 2.75) is 34.2 Å². The number of fused-ring (bicyclic) bond motifs is 1. The van der Waals surface area contributed by atoms with Gasteiger partial charge in [-0.3, -0.25) is 24.1 Å². The van der Waals surface area contributed by atoms with E-state index in [1.54, 1.807) is 30.6 Å². The van der Waals surface area contributed by atoms with Crippen LogP contribution in [-0.2, 0) is 30.5 Å². The maximum absolute atomic E-state index is 12.9. The van der Waals surface area contributed by atoms with E-state index in [0.29, 0.717) is 38.6 Å². The number of carbonyl (C=O) groups excluding carboxylic acids is 3. The average Bonchev–Trinajstić information content (AvgIpc) is 2.94. The van der Waals surface area contributed by atoms with E-state index in [2.05, 4.69) is 10.6 Å². The number of nitrogens with zero attached hydrogens (tertiary/aromatic N) is 2. The molecule has 11 nitrogen and oxygen atoms in total. The second kappa shape index (κ2) is 14.5. The normalized spacial score (nSPS) is 17.8. The van der Waals surface area contributed by atoms with E-state index in [1.165, 1.54) is 40.2 Å². The van der Waals surface area contributed by atoms with Crippen LogP contribution in [0.15, 0.2) is 63.8 Å². The molecule has 1 saturated heterocycles. The zero-order chi connectivity index (χ0) is 30.4. The molecule has 4 N–H and O–H groups in total. The number of pyridine rings is 1. The number of β-lactam (4-membered cyclic amide) rings is 1. The summed E-state index contributed by atoms with van der Waals surface area (Å²) in [5, 5.41) is 24.2. The number of carboxylic acid groups (broad SMARTS) is 2. The molecule has 1 aromatic heterocycles. The number of thioether (sulfide) groups is 3. The van der Waals surface area contributed by atoms with Gasteiger partial charge in [0.2, 0.25) is 11.8 Å². The number of hydrogen-bond donors (Lipinski definition) is 4. The van der Waals surface area contributed by atoms with Crippen LogP contribution in [0, 0.1) is 0 Å². The average molecular weight is 673 g/mol. The molecule has 3 amide bonds. The Hall–Kier alpha value is -2.91. The van der Waals surface area contributed by atoms with Gasteiger partial charge in [0.25, 0.3) is 5.91 Å². The SMILES string of the molecule is O=C(O)CC(=O)NCC[n+]1ccc(SCC2=C(C(=O)O)N3C(=O)[C@@H](NC(=O)CSc4cc(Cl)ccc4Cl)[C@H]3SC2)cc1. The van der Waals surface area contributed by atoms with Crippen molar-refractivity contribution in [1.29, 1.82) is 0 Å². The van der Waals surface area contributed by atoms with Gasteiger partial charge in [-0.25, -0.2) is 9.36 Å². The molecule has 2 atom stereocenters. The number of nitrogens with one attached hydrogen (secondary N) is 2. The van der Waals surface area contributed by atoms with Gasteiger partial charge in [0.15, 0.2) is 18.9 Å². The van der Waals surface area contributed by atoms with Gasteiger partial charge in [-0.15, -0.1) is 35.3 Å². The minimum Gasteiger partial charge on any atom is -0.481 e. The van der Waals surface area contributed by atoms with Crippen LogP contribution in [0.1, 0.15) is 6.42 Å². The van der Waals surface area contributed by atoms with Crippen molar-refractivity contribution in [3.8, 4) is 0 Å². The van der Waals surface area contributed by atoms with E-state index in [0.717, 1.165) is 4.90 Å². The molecule has 2 aliphatic heterocycles. The van der Waals surface area contributed by atoms with Crippen LogP contribution in [0.3, 0.4) is 0 Å². The Labute approximate surface area is 263 Å². The van der Waals surface area contributed by atoms with Crippen LogP contribution in [0.25, 0.3) is 0 Å². The maximum atomic E-state index is 12.9. The third-order valence-corrected chi connectivity index (χ3v) is 10.3. The van der Waals surface area contributed by atoms with Gasteiger partial charge in [-0.1, -0.05) is 23.2 Å². The van der Waals surface area contributed by atoms with Gasteiger partial charge < -0.3 is 20.8 Å². The highest BCUT2D eigenvalue weighted by Crippen LogP contribution is 2.41. The Morgan fingerprint density at radius 2 is 1.81 bits per heavy atom. The van der Waals surface area contributed by atoms with E-state index in [1.807, 2.05) is 16.7 Å². The number of benzene rings is 1. The van der Waals surface area contributed by atoms with Gasteiger partial charge in [0.1, 0.15) is 23.5 Å². The first-order chi connectivity index (χ1) is 20.0. The zero-order valence-corrected chi connectivity index (χ0v) is 25.7. The predicted octanol–water partition coefficient (Wildman–Crippen LogP) is 2.49. The fourth-order valence-corrected chi connectivity index (χ4v) is 7.80. The van der Waals surface area contributed by atoms with Gasteiger partial charge in [-0.05, 0) is 23.8 Å². The molecule has 0 spiro atoms. The molecule has 2 aliphatic rings. The lowest BCUT2D eigenvalue weighted by Crippen LogP contribution is -2.70. The summed E-state index contributed by atoms with van der Waals surface area (Å²) in [4.78, 5) is 62.4. The monoisotopic (exact) mass is 671 g/mol. The van der Waals surface area contributed by atoms with Crippen LogP contribution < -0.4 is 15.2 Å². The molecule has 1 fully saturated rings. The van der Waals surface area contributed by atoms with Crippen molar-refractivity contribution in [2.24, 2.45) is 0 Å². The molecule has 0 radical (unpaired) electrons. The lowest BCUT2D eigenvalue weighted by atomic mass is 10.0. The molecule has 42 heavy (non-hydrogen) atoms. The van der Waals surface area contributed by atoms with Crippen LogP contribution in [-0.4, -0.2) is 80.0 Å². The minimum absolute atomic E-state index is 0.0151. The number of aromatic nitrogens is 1. The minimum atomic E-state index is -1.20. The standard InChI is InChI=1S/C26H24Cl2N4O7S3/c27-15-1-2-17(28)18(9-15)41-13-20(34)30-22-24(37)32-23(26(38)39)14(12-42-25(22)32)11-40-16-3-6-31(7-4-16)8-5-29-19(33)10-21(35)36/h1-4,6-7,9,22,25H,5,8,10-13H2,(H3-,29,30,33,34,35,36,38,39)/p+1/t22-,25-/m1/s1. The molecule has 2 aromatic rings. The topological polar surface area (TPSA) is 157 Å². The van der Waals surface area contributed by atoms with Crippen molar-refractivity contribution in [3.05, 3.63) is 64.0 Å². The first kappa shape index (κ1) is 32.0. The number of carboxylic acids is 2. The Morgan fingerprint density at radius 3 is 2.50 bits per heavy atom. The molecule has 3 heterocycles. The Morgan fingerprint density at radius 1 is 1.07 bits per heavy atom. The second-order valence-electron chi connectivity index (χ2n) is 9.06. The third kappa shape index (κ3) is 8.13. The second-order valence-corrected chi connectivity index (χ2v) is 13.1. The Kier molecular flexibility index (Phi) is 11.1. The molecule has 4 rings (SSSR count). The number of carbonyl (C=O) groups is 5. The highest BCUT2D eigenvalue weighted by molar-refractivity contribution is 8.01. The van der Waals surface area contributed by atoms with Crippen molar-refractivity contribution in [3.63, 3.8) is 0 Å². The molecule has 16 heteroatoms. The Bertz CT molecular complexity index is 1440. The van der Waals surface area contributed by atoms with Crippen molar-refractivity contribution < 1.29 is 38.8 Å². The molecule has 1 aromatic carbocycles. The highest BCUT2D eigenvalue weighted by Gasteiger charge is 2.54. The third-order valence-electron chi connectivity index (χ3n) is 6.10. The van der Waals surface area contributed by atoms with E-state index in [4.69, 9.17) is 28.3 Å². The predicted molar refractivity (Wildman–Crippen MR) is 159 cm³/mol. The van der Waals surface area contributed by atoms with Crippen LogP contribution in [0.5, 0.6) is 0 Å². The number of amides is 3. The lowest BCUT2D eigenvalue weighted by molar-refractivity contribution is -0.695. The molecule has 222 valence electrons. The first-order valence-electron chi connectivity index (χ1n) is 12.4. The summed E-state index contributed by atoms with van der Waals surface area (Å²) in [6.07, 6.45) is 3.02. The molecule has 0 unspecified atom stereocenters. The summed E-state index contributed by atoms with van der Waals surface area (Å²) in [5.74, 6) is -3.02. The Balaban J connectivity index is 1.30. The van der Waals surface area contributed by atoms with E-state index >= 15 is 0 Å². The fraction of sp³-hybridized carbons (Fsp3) is 0.308. The fourth-order valence-electron chi connectivity index (χ4n) is 4.12. The quantitative estimate of drug-likeness (QED) is 0.108. The van der Waals surface area contributed by atoms with Crippen LogP contribution in [0.4, 0.5) is 0 Å². The summed E-state index contributed by atoms with van der Waals surface area (Å²) < 4.78 is 1.82. The number of aliphatic carboxylic acids is 2. The van der Waals surface area contributed by atoms with Crippen molar-refractivity contribution >= 4 is 88.1 Å². The summed E-state index contributed by atoms with van der Waals surface area (Å²) in [6, 6.07) is 7.80. The number of halogens is 2. The molecular weight excluding hydrogens is 647 g/mol. The van der Waals surface area contributed by atoms with Crippen LogP contribution >= 0.6 is 58.5 Å². The maximum Gasteiger partial charge on any atom is 0.352 e. The summed E-state index contributed by atoms with van der Waals surface area (Å²) in [5.41, 5.74) is 0.556. The summed E-state index contributed by atoms with van der Waals surface area (Å²) in [6.45, 7) is 0.724. The van der Waals surface area contributed by atoms with E-state index < -0.39 is 41.6 Å². The molecule has 0 aliphatic carbocycles. The van der Waals surface area contributed by atoms with Crippen molar-refractivity contribution in [1.82, 2.24) is 15.5 Å². The van der Waals surface area contributed by atoms with Gasteiger partial charge in [-0.2, -0.15) is 0 Å². The van der Waals surface area contributed by atoms with E-state index in [-0.39, 0.29) is 23.9 Å². The van der Waals surface area contributed by atoms with Crippen molar-refractivity contribution in [2.75, 3.05) is 23.8 Å². The van der Waals surface area contributed by atoms with Gasteiger partial charge >= 0.3 is 11.9 Å².